The smallest absolute Gasteiger partial charge is 0.233 e. The average Bonchev–Trinajstić information content (AvgIpc) is 3.28. The third kappa shape index (κ3) is 2.60. The summed E-state index contributed by atoms with van der Waals surface area (Å²) in [6.45, 7) is 0.158. The predicted molar refractivity (Wildman–Crippen MR) is 90.8 cm³/mol. The summed E-state index contributed by atoms with van der Waals surface area (Å²) < 4.78 is 5.21. The third-order valence-electron chi connectivity index (χ3n) is 5.96. The Balaban J connectivity index is 1.38. The minimum Gasteiger partial charge on any atom is -0.495 e. The molecule has 25 heavy (non-hydrogen) atoms. The van der Waals surface area contributed by atoms with Gasteiger partial charge in [-0.3, -0.25) is 19.3 Å². The number of carbonyl (C=O) groups is 3. The topological polar surface area (TPSA) is 75.7 Å². The quantitative estimate of drug-likeness (QED) is 0.831. The van der Waals surface area contributed by atoms with E-state index in [4.69, 9.17) is 4.74 Å². The SMILES string of the molecule is COc1ccccc1NC(=O)CCN1C(=O)[C@@H]2[C@H]3CC[C@@H](C3)[C@@H]2C1=O. The van der Waals surface area contributed by atoms with Crippen molar-refractivity contribution in [1.29, 1.82) is 0 Å². The van der Waals surface area contributed by atoms with Crippen LogP contribution in [0.1, 0.15) is 25.7 Å². The maximum absolute atomic E-state index is 12.6. The minimum atomic E-state index is -0.231. The highest BCUT2D eigenvalue weighted by atomic mass is 16.5. The molecule has 1 saturated heterocycles. The lowest BCUT2D eigenvalue weighted by atomic mass is 9.81. The highest BCUT2D eigenvalue weighted by Gasteiger charge is 2.60. The number of likely N-dealkylation sites (tertiary alicyclic amines) is 1. The van der Waals surface area contributed by atoms with Crippen LogP contribution in [0.15, 0.2) is 24.3 Å². The zero-order valence-corrected chi connectivity index (χ0v) is 14.2. The molecule has 132 valence electrons. The number of amides is 3. The van der Waals surface area contributed by atoms with Crippen molar-refractivity contribution in [3.63, 3.8) is 0 Å². The van der Waals surface area contributed by atoms with Crippen LogP contribution in [-0.4, -0.2) is 36.3 Å². The second kappa shape index (κ2) is 6.17. The summed E-state index contributed by atoms with van der Waals surface area (Å²) in [6.07, 6.45) is 3.25. The number of ether oxygens (including phenoxy) is 1. The van der Waals surface area contributed by atoms with Gasteiger partial charge in [-0.2, -0.15) is 0 Å². The van der Waals surface area contributed by atoms with Crippen molar-refractivity contribution < 1.29 is 19.1 Å². The molecule has 0 spiro atoms. The number of imide groups is 1. The molecule has 3 aliphatic rings. The molecule has 1 aromatic rings. The van der Waals surface area contributed by atoms with Crippen molar-refractivity contribution >= 4 is 23.4 Å². The molecule has 3 amide bonds. The van der Waals surface area contributed by atoms with Crippen LogP contribution in [-0.2, 0) is 14.4 Å². The highest BCUT2D eigenvalue weighted by Crippen LogP contribution is 2.56. The molecule has 0 aromatic heterocycles. The number of benzene rings is 1. The highest BCUT2D eigenvalue weighted by molar-refractivity contribution is 6.06. The van der Waals surface area contributed by atoms with Gasteiger partial charge in [-0.1, -0.05) is 12.1 Å². The molecule has 6 heteroatoms. The fourth-order valence-corrected chi connectivity index (χ4v) is 4.86. The van der Waals surface area contributed by atoms with Crippen LogP contribution >= 0.6 is 0 Å². The molecule has 4 rings (SSSR count). The van der Waals surface area contributed by atoms with Crippen molar-refractivity contribution in [2.75, 3.05) is 19.0 Å². The van der Waals surface area contributed by atoms with E-state index in [1.54, 1.807) is 19.2 Å². The van der Waals surface area contributed by atoms with E-state index in [9.17, 15) is 14.4 Å². The van der Waals surface area contributed by atoms with Crippen LogP contribution in [0.2, 0.25) is 0 Å². The second-order valence-corrected chi connectivity index (χ2v) is 7.21. The maximum Gasteiger partial charge on any atom is 0.233 e. The Labute approximate surface area is 146 Å². The van der Waals surface area contributed by atoms with Gasteiger partial charge in [0.2, 0.25) is 17.7 Å². The zero-order chi connectivity index (χ0) is 17.6. The number of nitrogens with one attached hydrogen (secondary N) is 1. The summed E-state index contributed by atoms with van der Waals surface area (Å²) in [5.41, 5.74) is 0.587. The first-order valence-electron chi connectivity index (χ1n) is 8.88. The molecule has 1 aliphatic heterocycles. The fourth-order valence-electron chi connectivity index (χ4n) is 4.86. The number of hydrogen-bond donors (Lipinski definition) is 1. The number of rotatable bonds is 5. The molecule has 1 heterocycles. The molecule has 3 fully saturated rings. The minimum absolute atomic E-state index is 0.0627. The Morgan fingerprint density at radius 1 is 1.16 bits per heavy atom. The van der Waals surface area contributed by atoms with Gasteiger partial charge in [0.1, 0.15) is 5.75 Å². The van der Waals surface area contributed by atoms with E-state index in [1.165, 1.54) is 4.90 Å². The van der Waals surface area contributed by atoms with Gasteiger partial charge in [0, 0.05) is 13.0 Å². The number of carbonyl (C=O) groups excluding carboxylic acids is 3. The van der Waals surface area contributed by atoms with Crippen molar-refractivity contribution in [2.45, 2.75) is 25.7 Å². The van der Waals surface area contributed by atoms with Crippen molar-refractivity contribution in [3.05, 3.63) is 24.3 Å². The maximum atomic E-state index is 12.6. The molecule has 1 N–H and O–H groups in total. The van der Waals surface area contributed by atoms with Gasteiger partial charge in [-0.25, -0.2) is 0 Å². The summed E-state index contributed by atoms with van der Waals surface area (Å²) in [5, 5.41) is 2.78. The second-order valence-electron chi connectivity index (χ2n) is 7.21. The van der Waals surface area contributed by atoms with Crippen LogP contribution in [0, 0.1) is 23.7 Å². The van der Waals surface area contributed by atoms with E-state index in [2.05, 4.69) is 5.32 Å². The molecule has 0 radical (unpaired) electrons. The Bertz CT molecular complexity index is 704. The van der Waals surface area contributed by atoms with Crippen LogP contribution in [0.4, 0.5) is 5.69 Å². The van der Waals surface area contributed by atoms with Crippen LogP contribution in [0.5, 0.6) is 5.75 Å². The van der Waals surface area contributed by atoms with Gasteiger partial charge in [-0.05, 0) is 43.2 Å². The summed E-state index contributed by atoms with van der Waals surface area (Å²) in [4.78, 5) is 38.8. The summed E-state index contributed by atoms with van der Waals surface area (Å²) in [5.74, 6) is 0.727. The van der Waals surface area contributed by atoms with E-state index in [1.807, 2.05) is 12.1 Å². The van der Waals surface area contributed by atoms with Crippen molar-refractivity contribution in [3.8, 4) is 5.75 Å². The molecule has 2 bridgehead atoms. The van der Waals surface area contributed by atoms with Gasteiger partial charge in [0.05, 0.1) is 24.6 Å². The van der Waals surface area contributed by atoms with Gasteiger partial charge in [0.25, 0.3) is 0 Å². The van der Waals surface area contributed by atoms with Crippen LogP contribution in [0.3, 0.4) is 0 Å². The van der Waals surface area contributed by atoms with E-state index >= 15 is 0 Å². The fraction of sp³-hybridized carbons (Fsp3) is 0.526. The van der Waals surface area contributed by atoms with Crippen LogP contribution in [0.25, 0.3) is 0 Å². The van der Waals surface area contributed by atoms with E-state index < -0.39 is 0 Å². The largest absolute Gasteiger partial charge is 0.495 e. The molecular weight excluding hydrogens is 320 g/mol. The standard InChI is InChI=1S/C19H22N2O4/c1-25-14-5-3-2-4-13(14)20-15(22)8-9-21-18(23)16-11-6-7-12(10-11)17(16)19(21)24/h2-5,11-12,16-17H,6-10H2,1H3,(H,20,22)/t11-,12-,16-,17+/m0/s1. The van der Waals surface area contributed by atoms with E-state index in [0.29, 0.717) is 23.3 Å². The zero-order valence-electron chi connectivity index (χ0n) is 14.2. The van der Waals surface area contributed by atoms with Crippen LogP contribution < -0.4 is 10.1 Å². The lowest BCUT2D eigenvalue weighted by Gasteiger charge is -2.19. The molecule has 6 nitrogen and oxygen atoms in total. The van der Waals surface area contributed by atoms with E-state index in [-0.39, 0.29) is 42.5 Å². The first-order chi connectivity index (χ1) is 12.1. The normalized spacial score (nSPS) is 29.9. The number of hydrogen-bond acceptors (Lipinski definition) is 4. The van der Waals surface area contributed by atoms with Crippen molar-refractivity contribution in [1.82, 2.24) is 4.90 Å². The van der Waals surface area contributed by atoms with Gasteiger partial charge >= 0.3 is 0 Å². The number of anilines is 1. The Morgan fingerprint density at radius 2 is 1.80 bits per heavy atom. The van der Waals surface area contributed by atoms with Gasteiger partial charge in [0.15, 0.2) is 0 Å². The molecule has 2 aliphatic carbocycles. The Kier molecular flexibility index (Phi) is 3.98. The average molecular weight is 342 g/mol. The molecule has 1 aromatic carbocycles. The Morgan fingerprint density at radius 3 is 2.44 bits per heavy atom. The lowest BCUT2D eigenvalue weighted by Crippen LogP contribution is -2.35. The lowest BCUT2D eigenvalue weighted by molar-refractivity contribution is -0.140. The predicted octanol–water partition coefficient (Wildman–Crippen LogP) is 2.05. The monoisotopic (exact) mass is 342 g/mol. The van der Waals surface area contributed by atoms with Gasteiger partial charge in [-0.15, -0.1) is 0 Å². The number of para-hydroxylation sites is 2. The van der Waals surface area contributed by atoms with E-state index in [0.717, 1.165) is 19.3 Å². The molecule has 0 unspecified atom stereocenters. The Hall–Kier alpha value is -2.37. The summed E-state index contributed by atoms with van der Waals surface area (Å²) >= 11 is 0. The molecular formula is C19H22N2O4. The summed E-state index contributed by atoms with van der Waals surface area (Å²) in [6, 6.07) is 7.15. The number of fused-ring (bicyclic) bond motifs is 5. The summed E-state index contributed by atoms with van der Waals surface area (Å²) in [7, 11) is 1.54. The molecule has 4 atom stereocenters. The number of nitrogens with zero attached hydrogens (tertiary/aromatic N) is 1. The van der Waals surface area contributed by atoms with Gasteiger partial charge < -0.3 is 10.1 Å². The first kappa shape index (κ1) is 16.1. The number of methoxy groups -OCH3 is 1. The van der Waals surface area contributed by atoms with Crippen molar-refractivity contribution in [2.24, 2.45) is 23.7 Å². The third-order valence-corrected chi connectivity index (χ3v) is 5.96. The first-order valence-corrected chi connectivity index (χ1v) is 8.88. The molecule has 2 saturated carbocycles.